The van der Waals surface area contributed by atoms with Crippen molar-refractivity contribution in [1.29, 1.82) is 5.26 Å². The van der Waals surface area contributed by atoms with Crippen LogP contribution in [0.4, 0.5) is 13.6 Å². The largest absolute Gasteiger partial charge is 0.435 e. The monoisotopic (exact) mass is 578 g/mol. The number of benzene rings is 1. The number of alkyl halides is 2. The van der Waals surface area contributed by atoms with Gasteiger partial charge in [-0.05, 0) is 57.2 Å². The third-order valence-corrected chi connectivity index (χ3v) is 7.38. The van der Waals surface area contributed by atoms with E-state index in [1.807, 2.05) is 6.92 Å². The molecule has 1 aromatic heterocycles. The van der Waals surface area contributed by atoms with Crippen molar-refractivity contribution in [2.75, 3.05) is 0 Å². The van der Waals surface area contributed by atoms with Crippen LogP contribution in [-0.4, -0.2) is 45.7 Å². The van der Waals surface area contributed by atoms with Crippen molar-refractivity contribution in [3.8, 4) is 11.8 Å². The summed E-state index contributed by atoms with van der Waals surface area (Å²) in [5.74, 6) is -0.346. The number of aromatic nitrogens is 2. The predicted molar refractivity (Wildman–Crippen MR) is 131 cm³/mol. The third kappa shape index (κ3) is 5.74. The van der Waals surface area contributed by atoms with E-state index in [4.69, 9.17) is 4.74 Å². The molecule has 0 radical (unpaired) electrons. The lowest BCUT2D eigenvalue weighted by atomic mass is 9.65. The summed E-state index contributed by atoms with van der Waals surface area (Å²) in [5.41, 5.74) is 1.57. The van der Waals surface area contributed by atoms with Gasteiger partial charge in [0, 0.05) is 29.3 Å². The predicted octanol–water partition coefficient (Wildman–Crippen LogP) is 4.26. The first kappa shape index (κ1) is 26.5. The number of nitrogens with one attached hydrogen (secondary N) is 2. The number of rotatable bonds is 7. The molecule has 1 aliphatic carbocycles. The molecule has 1 fully saturated rings. The smallest absolute Gasteiger partial charge is 0.428 e. The maximum atomic E-state index is 12.8. The average Bonchev–Trinajstić information content (AvgIpc) is 3.28. The minimum atomic E-state index is -3.00. The lowest BCUT2D eigenvalue weighted by molar-refractivity contribution is -0.0498. The summed E-state index contributed by atoms with van der Waals surface area (Å²) >= 11 is 3.42. The normalized spacial score (nSPS) is 24.0. The minimum absolute atomic E-state index is 0.0664. The average molecular weight is 579 g/mol. The molecular formula is C24H25BrF2N6O4. The Morgan fingerprint density at radius 2 is 2.11 bits per heavy atom. The van der Waals surface area contributed by atoms with Crippen LogP contribution in [0.2, 0.25) is 0 Å². The minimum Gasteiger partial charge on any atom is -0.435 e. The topological polar surface area (TPSA) is 131 Å². The Labute approximate surface area is 220 Å². The fraction of sp³-hybridized carbons (Fsp3) is 0.458. The van der Waals surface area contributed by atoms with Crippen molar-refractivity contribution >= 4 is 33.6 Å². The molecule has 0 unspecified atom stereocenters. The number of carbonyl (C=O) groups is 2. The van der Waals surface area contributed by atoms with Gasteiger partial charge in [0.1, 0.15) is 11.5 Å². The van der Waals surface area contributed by atoms with Gasteiger partial charge in [-0.3, -0.25) is 9.48 Å². The van der Waals surface area contributed by atoms with Gasteiger partial charge in [0.25, 0.3) is 5.91 Å². The van der Waals surface area contributed by atoms with Gasteiger partial charge in [0.2, 0.25) is 0 Å². The van der Waals surface area contributed by atoms with Gasteiger partial charge in [-0.15, -0.1) is 0 Å². The summed E-state index contributed by atoms with van der Waals surface area (Å²) in [5, 5.41) is 21.2. The molecule has 196 valence electrons. The number of hydrogen-bond acceptors (Lipinski definition) is 7. The summed E-state index contributed by atoms with van der Waals surface area (Å²) in [6.07, 6.45) is 4.04. The number of halogens is 3. The molecule has 2 amide bonds. The highest BCUT2D eigenvalue weighted by Gasteiger charge is 2.51. The van der Waals surface area contributed by atoms with Crippen molar-refractivity contribution in [1.82, 2.24) is 20.5 Å². The summed E-state index contributed by atoms with van der Waals surface area (Å²) in [7, 11) is 1.72. The molecule has 10 nitrogen and oxygen atoms in total. The molecule has 1 aliphatic heterocycles. The Bertz CT molecular complexity index is 1270. The fourth-order valence-corrected chi connectivity index (χ4v) is 5.37. The Balaban J connectivity index is 1.52. The molecule has 13 heteroatoms. The van der Waals surface area contributed by atoms with Gasteiger partial charge < -0.3 is 14.8 Å². The molecule has 0 saturated heterocycles. The van der Waals surface area contributed by atoms with Gasteiger partial charge in [-0.2, -0.15) is 24.2 Å². The number of hydrogen-bond donors (Lipinski definition) is 2. The van der Waals surface area contributed by atoms with Crippen molar-refractivity contribution in [3.63, 3.8) is 0 Å². The van der Waals surface area contributed by atoms with Crippen LogP contribution in [0.15, 0.2) is 40.2 Å². The lowest BCUT2D eigenvalue weighted by Gasteiger charge is -2.45. The van der Waals surface area contributed by atoms with Crippen molar-refractivity contribution < 1.29 is 27.8 Å². The molecular weight excluding hydrogens is 554 g/mol. The van der Waals surface area contributed by atoms with Gasteiger partial charge in [0.15, 0.2) is 5.60 Å². The summed E-state index contributed by atoms with van der Waals surface area (Å²) in [4.78, 5) is 24.7. The molecule has 2 aliphatic rings. The van der Waals surface area contributed by atoms with Crippen LogP contribution in [-0.2, 0) is 11.8 Å². The second kappa shape index (κ2) is 10.5. The van der Waals surface area contributed by atoms with E-state index in [1.54, 1.807) is 19.3 Å². The molecule has 2 aromatic rings. The van der Waals surface area contributed by atoms with Crippen LogP contribution >= 0.6 is 15.9 Å². The summed E-state index contributed by atoms with van der Waals surface area (Å²) < 4.78 is 38.0. The fourth-order valence-electron chi connectivity index (χ4n) is 4.94. The molecule has 4 rings (SSSR count). The number of aryl methyl sites for hydroxylation is 1. The molecule has 0 bridgehead atoms. The zero-order valence-corrected chi connectivity index (χ0v) is 21.7. The Morgan fingerprint density at radius 3 is 2.73 bits per heavy atom. The van der Waals surface area contributed by atoms with Gasteiger partial charge in [0.05, 0.1) is 23.2 Å². The molecule has 2 N–H and O–H groups in total. The van der Waals surface area contributed by atoms with E-state index in [0.29, 0.717) is 40.6 Å². The first-order valence-electron chi connectivity index (χ1n) is 11.6. The Hall–Kier alpha value is -3.53. The maximum absolute atomic E-state index is 12.8. The number of carbonyl (C=O) groups excluding carboxylic acids is 2. The van der Waals surface area contributed by atoms with Crippen molar-refractivity contribution in [3.05, 3.63) is 46.2 Å². The number of amides is 2. The molecule has 2 heterocycles. The first-order chi connectivity index (χ1) is 17.5. The van der Waals surface area contributed by atoms with E-state index in [1.165, 1.54) is 23.0 Å². The second-order valence-electron chi connectivity index (χ2n) is 9.35. The van der Waals surface area contributed by atoms with Crippen LogP contribution < -0.4 is 15.5 Å². The molecule has 1 aromatic carbocycles. The highest BCUT2D eigenvalue weighted by Crippen LogP contribution is 2.48. The van der Waals surface area contributed by atoms with E-state index >= 15 is 0 Å². The first-order valence-corrected chi connectivity index (χ1v) is 12.4. The number of ether oxygens (including phenoxy) is 2. The van der Waals surface area contributed by atoms with E-state index in [2.05, 4.69) is 47.7 Å². The van der Waals surface area contributed by atoms with Crippen molar-refractivity contribution in [2.45, 2.75) is 57.3 Å². The molecule has 1 saturated carbocycles. The summed E-state index contributed by atoms with van der Waals surface area (Å²) in [6.45, 7) is -1.17. The maximum Gasteiger partial charge on any atom is 0.428 e. The van der Waals surface area contributed by atoms with Crippen LogP contribution in [0.25, 0.3) is 0 Å². The second-order valence-corrected chi connectivity index (χ2v) is 10.2. The van der Waals surface area contributed by atoms with Crippen LogP contribution in [0.1, 0.15) is 54.9 Å². The van der Waals surface area contributed by atoms with Crippen LogP contribution in [0, 0.1) is 16.7 Å². The highest BCUT2D eigenvalue weighted by molar-refractivity contribution is 9.10. The van der Waals surface area contributed by atoms with Crippen LogP contribution in [0.5, 0.6) is 5.75 Å². The molecule has 1 atom stereocenters. The Morgan fingerprint density at radius 1 is 1.38 bits per heavy atom. The van der Waals surface area contributed by atoms with E-state index in [9.17, 15) is 23.6 Å². The number of nitriles is 1. The zero-order chi connectivity index (χ0) is 26.8. The van der Waals surface area contributed by atoms with E-state index < -0.39 is 23.7 Å². The summed E-state index contributed by atoms with van der Waals surface area (Å²) in [6, 6.07) is 6.46. The van der Waals surface area contributed by atoms with E-state index in [0.717, 1.165) is 0 Å². The van der Waals surface area contributed by atoms with Crippen LogP contribution in [0.3, 0.4) is 0 Å². The third-order valence-electron chi connectivity index (χ3n) is 6.69. The highest BCUT2D eigenvalue weighted by atomic mass is 79.9. The molecule has 1 spiro atoms. The Kier molecular flexibility index (Phi) is 7.49. The van der Waals surface area contributed by atoms with Gasteiger partial charge in [-0.25, -0.2) is 10.2 Å². The number of nitrogens with zero attached hydrogens (tertiary/aromatic N) is 4. The molecule has 37 heavy (non-hydrogen) atoms. The van der Waals surface area contributed by atoms with E-state index in [-0.39, 0.29) is 30.5 Å². The zero-order valence-electron chi connectivity index (χ0n) is 20.1. The quantitative estimate of drug-likeness (QED) is 0.504. The number of hydrazone groups is 1. The lowest BCUT2D eigenvalue weighted by Crippen LogP contribution is -2.54. The van der Waals surface area contributed by atoms with Crippen molar-refractivity contribution in [2.24, 2.45) is 17.6 Å². The standard InChI is InChI=1S/C24H25BrF2N6O4/c1-14(30-20(34)15-11-29-33(2)12-15)10-23(13-28)5-7-24(8-6-23)19(31-32-22(35)37-24)17-9-16(36-21(26)27)3-4-18(17)25/h3-4,9,11-12,14,21H,5-8,10H2,1-2H3,(H,30,34)(H,32,35)/t14-,23?,24?/m0/s1. The van der Waals surface area contributed by atoms with Gasteiger partial charge in [-0.1, -0.05) is 15.9 Å². The SMILES string of the molecule is C[C@@H](CC1(C#N)CCC2(CC1)OC(=O)NN=C2c1cc(OC(F)F)ccc1Br)NC(=O)c1cnn(C)c1. The van der Waals surface area contributed by atoms with Gasteiger partial charge >= 0.3 is 12.7 Å².